The molecule has 178 valence electrons. The lowest BCUT2D eigenvalue weighted by Gasteiger charge is -2.50. The number of hydrogen-bond acceptors (Lipinski definition) is 6. The van der Waals surface area contributed by atoms with Crippen molar-refractivity contribution in [3.8, 4) is 0 Å². The third kappa shape index (κ3) is 5.24. The lowest BCUT2D eigenvalue weighted by molar-refractivity contribution is -0.301. The van der Waals surface area contributed by atoms with E-state index >= 15 is 0 Å². The van der Waals surface area contributed by atoms with Crippen LogP contribution in [-0.2, 0) is 29.5 Å². The average molecular weight is 441 g/mol. The number of ether oxygens (including phenoxy) is 2. The largest absolute Gasteiger partial charge is 0.461 e. The molecule has 0 aromatic rings. The molecule has 2 aliphatic rings. The summed E-state index contributed by atoms with van der Waals surface area (Å²) in [5.74, 6) is -1.32. The molecule has 2 heterocycles. The number of carbonyl (C=O) groups excluding carboxylic acids is 2. The maximum absolute atomic E-state index is 13.0. The van der Waals surface area contributed by atoms with Gasteiger partial charge in [-0.3, -0.25) is 9.59 Å². The second-order valence-electron chi connectivity index (χ2n) is 12.3. The van der Waals surface area contributed by atoms with Gasteiger partial charge in [0.1, 0.15) is 12.2 Å². The van der Waals surface area contributed by atoms with Crippen LogP contribution >= 0.6 is 0 Å². The van der Waals surface area contributed by atoms with Crippen molar-refractivity contribution in [1.82, 2.24) is 10.1 Å². The summed E-state index contributed by atoms with van der Waals surface area (Å²) in [6, 6.07) is 0. The Hall–Kier alpha value is -1.22. The Morgan fingerprint density at radius 3 is 1.10 bits per heavy atom. The minimum Gasteiger partial charge on any atom is -0.461 e. The van der Waals surface area contributed by atoms with Crippen LogP contribution in [0.3, 0.4) is 0 Å². The molecular formula is C23H40N2O6. The van der Waals surface area contributed by atoms with Crippen molar-refractivity contribution in [3.05, 3.63) is 0 Å². The van der Waals surface area contributed by atoms with Crippen molar-refractivity contribution in [3.63, 3.8) is 0 Å². The van der Waals surface area contributed by atoms with E-state index in [-0.39, 0.29) is 0 Å². The van der Waals surface area contributed by atoms with E-state index in [0.29, 0.717) is 25.7 Å². The molecule has 0 spiro atoms. The van der Waals surface area contributed by atoms with Gasteiger partial charge in [0.2, 0.25) is 0 Å². The predicted octanol–water partition coefficient (Wildman–Crippen LogP) is 3.83. The normalized spacial score (nSPS) is 27.0. The number of hydroxylamine groups is 4. The smallest absolute Gasteiger partial charge is 0.323 e. The number of piperidine rings is 2. The second kappa shape index (κ2) is 7.97. The molecule has 0 saturated carbocycles. The fourth-order valence-electron chi connectivity index (χ4n) is 5.19. The quantitative estimate of drug-likeness (QED) is 0.487. The topological polar surface area (TPSA) is 98.9 Å². The fraction of sp³-hybridized carbons (Fsp3) is 0.913. The maximum atomic E-state index is 13.0. The first kappa shape index (κ1) is 26.0. The van der Waals surface area contributed by atoms with E-state index in [2.05, 4.69) is 0 Å². The van der Waals surface area contributed by atoms with Crippen molar-refractivity contribution in [1.29, 1.82) is 0 Å². The van der Waals surface area contributed by atoms with E-state index in [4.69, 9.17) is 9.47 Å². The Morgan fingerprint density at radius 2 is 0.871 bits per heavy atom. The standard InChI is InChI=1S/C23H40N2O6/c1-19(2)11-15(12-20(3,4)24(19)28)30-17(26)23(9,10)18(27)31-16-13-21(5,6)25(29)22(7,8)14-16/h15-16H,11-14H2,1-10H3. The summed E-state index contributed by atoms with van der Waals surface area (Å²) < 4.78 is 11.4. The molecular weight excluding hydrogens is 400 g/mol. The van der Waals surface area contributed by atoms with Crippen LogP contribution in [0.1, 0.15) is 94.9 Å². The highest BCUT2D eigenvalue weighted by Gasteiger charge is 2.51. The van der Waals surface area contributed by atoms with Gasteiger partial charge >= 0.3 is 11.9 Å². The van der Waals surface area contributed by atoms with Crippen molar-refractivity contribution >= 4 is 11.9 Å². The third-order valence-electron chi connectivity index (χ3n) is 6.68. The van der Waals surface area contributed by atoms with Crippen molar-refractivity contribution < 1.29 is 29.5 Å². The van der Waals surface area contributed by atoms with Crippen molar-refractivity contribution in [2.24, 2.45) is 5.41 Å². The van der Waals surface area contributed by atoms with Gasteiger partial charge in [-0.1, -0.05) is 0 Å². The van der Waals surface area contributed by atoms with Gasteiger partial charge in [-0.15, -0.1) is 20.5 Å². The highest BCUT2D eigenvalue weighted by molar-refractivity contribution is 5.99. The van der Waals surface area contributed by atoms with E-state index in [0.717, 1.165) is 10.1 Å². The van der Waals surface area contributed by atoms with Crippen LogP contribution in [0.5, 0.6) is 0 Å². The van der Waals surface area contributed by atoms with Gasteiger partial charge in [0, 0.05) is 47.8 Å². The summed E-state index contributed by atoms with van der Waals surface area (Å²) in [6.07, 6.45) is 0.637. The highest BCUT2D eigenvalue weighted by Crippen LogP contribution is 2.41. The molecule has 0 atom stereocenters. The molecule has 0 bridgehead atoms. The Bertz CT molecular complexity index is 619. The first-order valence-corrected chi connectivity index (χ1v) is 11.1. The molecule has 2 fully saturated rings. The molecule has 2 aliphatic heterocycles. The highest BCUT2D eigenvalue weighted by atomic mass is 16.6. The number of hydrogen-bond donors (Lipinski definition) is 0. The van der Waals surface area contributed by atoms with E-state index in [1.165, 1.54) is 13.8 Å². The summed E-state index contributed by atoms with van der Waals surface area (Å²) in [4.78, 5) is 25.9. The third-order valence-corrected chi connectivity index (χ3v) is 6.68. The zero-order chi connectivity index (χ0) is 24.2. The molecule has 8 nitrogen and oxygen atoms in total. The van der Waals surface area contributed by atoms with Crippen LogP contribution in [0.25, 0.3) is 0 Å². The van der Waals surface area contributed by atoms with Gasteiger partial charge in [-0.25, -0.2) is 0 Å². The first-order chi connectivity index (χ1) is 13.7. The molecule has 0 amide bonds. The Labute approximate surface area is 186 Å². The molecule has 0 N–H and O–H groups in total. The SMILES string of the molecule is CC(C)(C(=O)OC1CC(C)(C)N([O])C(C)(C)C1)C(=O)OC1CC(C)(C)N([O])C(C)(C)C1. The van der Waals surface area contributed by atoms with E-state index in [1.807, 2.05) is 55.4 Å². The lowest BCUT2D eigenvalue weighted by Crippen LogP contribution is -2.61. The summed E-state index contributed by atoms with van der Waals surface area (Å²) in [7, 11) is 0. The van der Waals surface area contributed by atoms with Crippen LogP contribution in [0, 0.1) is 5.41 Å². The van der Waals surface area contributed by atoms with Crippen LogP contribution in [0.2, 0.25) is 0 Å². The van der Waals surface area contributed by atoms with Gasteiger partial charge in [-0.05, 0) is 69.2 Å². The van der Waals surface area contributed by atoms with Crippen LogP contribution < -0.4 is 0 Å². The number of esters is 2. The van der Waals surface area contributed by atoms with E-state index in [9.17, 15) is 20.0 Å². The van der Waals surface area contributed by atoms with Gasteiger partial charge in [0.05, 0.1) is 0 Å². The van der Waals surface area contributed by atoms with Crippen LogP contribution in [0.15, 0.2) is 0 Å². The molecule has 2 rings (SSSR count). The Morgan fingerprint density at radius 1 is 0.645 bits per heavy atom. The van der Waals surface area contributed by atoms with Gasteiger partial charge < -0.3 is 9.47 Å². The second-order valence-corrected chi connectivity index (χ2v) is 12.3. The van der Waals surface area contributed by atoms with E-state index < -0.39 is 51.7 Å². The van der Waals surface area contributed by atoms with Crippen LogP contribution in [-0.4, -0.2) is 56.4 Å². The van der Waals surface area contributed by atoms with Gasteiger partial charge in [-0.2, -0.15) is 0 Å². The van der Waals surface area contributed by atoms with Gasteiger partial charge in [0.15, 0.2) is 5.41 Å². The molecule has 2 saturated heterocycles. The molecule has 0 aliphatic carbocycles. The van der Waals surface area contributed by atoms with Crippen molar-refractivity contribution in [2.45, 2.75) is 129 Å². The first-order valence-electron chi connectivity index (χ1n) is 11.1. The Balaban J connectivity index is 2.07. The number of rotatable bonds is 4. The Kier molecular flexibility index (Phi) is 6.70. The molecule has 2 radical (unpaired) electrons. The molecule has 8 heteroatoms. The number of nitrogens with zero attached hydrogens (tertiary/aromatic N) is 2. The summed E-state index contributed by atoms with van der Waals surface area (Å²) >= 11 is 0. The minimum absolute atomic E-state index is 0.390. The van der Waals surface area contributed by atoms with Gasteiger partial charge in [0.25, 0.3) is 0 Å². The van der Waals surface area contributed by atoms with Crippen LogP contribution in [0.4, 0.5) is 0 Å². The summed E-state index contributed by atoms with van der Waals surface area (Å²) in [5, 5.41) is 27.2. The molecule has 31 heavy (non-hydrogen) atoms. The molecule has 0 aromatic heterocycles. The summed E-state index contributed by atoms with van der Waals surface area (Å²) in [5.41, 5.74) is -4.21. The monoisotopic (exact) mass is 440 g/mol. The molecule has 0 aromatic carbocycles. The zero-order valence-corrected chi connectivity index (χ0v) is 20.8. The average Bonchev–Trinajstić information content (AvgIpc) is 2.56. The summed E-state index contributed by atoms with van der Waals surface area (Å²) in [6.45, 7) is 17.6. The lowest BCUT2D eigenvalue weighted by atomic mass is 9.80. The van der Waals surface area contributed by atoms with Crippen molar-refractivity contribution in [2.75, 3.05) is 0 Å². The maximum Gasteiger partial charge on any atom is 0.323 e. The number of carbonyl (C=O) groups is 2. The minimum atomic E-state index is -1.49. The zero-order valence-electron chi connectivity index (χ0n) is 20.8. The fourth-order valence-corrected chi connectivity index (χ4v) is 5.19. The van der Waals surface area contributed by atoms with E-state index in [1.54, 1.807) is 0 Å². The predicted molar refractivity (Wildman–Crippen MR) is 113 cm³/mol. The molecule has 0 unspecified atom stereocenters.